The van der Waals surface area contributed by atoms with E-state index in [1.807, 2.05) is 13.8 Å². The highest BCUT2D eigenvalue weighted by Gasteiger charge is 2.15. The van der Waals surface area contributed by atoms with Gasteiger partial charge in [0.05, 0.1) is 11.9 Å². The molecule has 0 aromatic carbocycles. The summed E-state index contributed by atoms with van der Waals surface area (Å²) in [6, 6.07) is 0.303. The number of nitrogens with zero attached hydrogens (tertiary/aromatic N) is 2. The summed E-state index contributed by atoms with van der Waals surface area (Å²) in [6.07, 6.45) is 5.12. The highest BCUT2D eigenvalue weighted by Crippen LogP contribution is 2.18. The Morgan fingerprint density at radius 3 is 3.10 bits per heavy atom. The fraction of sp³-hybridized carbons (Fsp3) is 0.714. The molecule has 5 nitrogen and oxygen atoms in total. The molecular weight excluding hydrogens is 276 g/mol. The first kappa shape index (κ1) is 15.3. The Bertz CT molecular complexity index is 492. The molecule has 0 aliphatic carbocycles. The van der Waals surface area contributed by atoms with Crippen LogP contribution in [0.2, 0.25) is 5.02 Å². The first-order chi connectivity index (χ1) is 9.58. The molecule has 20 heavy (non-hydrogen) atoms. The van der Waals surface area contributed by atoms with E-state index in [2.05, 4.69) is 15.7 Å². The van der Waals surface area contributed by atoms with Crippen LogP contribution in [0.25, 0.3) is 0 Å². The quantitative estimate of drug-likeness (QED) is 0.894. The maximum absolute atomic E-state index is 12.1. The molecule has 1 unspecified atom stereocenters. The van der Waals surface area contributed by atoms with Gasteiger partial charge in [-0.2, -0.15) is 5.10 Å². The van der Waals surface area contributed by atoms with E-state index in [1.54, 1.807) is 6.20 Å². The molecule has 1 fully saturated rings. The molecule has 0 spiro atoms. The average molecular weight is 299 g/mol. The van der Waals surface area contributed by atoms with Crippen molar-refractivity contribution in [3.63, 3.8) is 0 Å². The number of aromatic nitrogens is 2. The zero-order valence-electron chi connectivity index (χ0n) is 12.2. The lowest BCUT2D eigenvalue weighted by Gasteiger charge is -2.19. The van der Waals surface area contributed by atoms with Gasteiger partial charge >= 0.3 is 0 Å². The van der Waals surface area contributed by atoms with Crippen molar-refractivity contribution in [3.05, 3.63) is 21.6 Å². The SMILES string of the molecule is CC(C)Cn1ncc(NC2CCCCNC2)c(Cl)c1=O. The number of hydrogen-bond acceptors (Lipinski definition) is 4. The van der Waals surface area contributed by atoms with Gasteiger partial charge in [0.15, 0.2) is 0 Å². The number of hydrogen-bond donors (Lipinski definition) is 2. The van der Waals surface area contributed by atoms with Gasteiger partial charge in [0, 0.05) is 19.1 Å². The average Bonchev–Trinajstić information content (AvgIpc) is 2.66. The van der Waals surface area contributed by atoms with Crippen LogP contribution >= 0.6 is 11.6 Å². The molecule has 2 rings (SSSR count). The van der Waals surface area contributed by atoms with Gasteiger partial charge in [-0.25, -0.2) is 4.68 Å². The topological polar surface area (TPSA) is 59.0 Å². The summed E-state index contributed by atoms with van der Waals surface area (Å²) in [5.74, 6) is 0.362. The van der Waals surface area contributed by atoms with Crippen molar-refractivity contribution in [2.75, 3.05) is 18.4 Å². The molecule has 112 valence electrons. The fourth-order valence-electron chi connectivity index (χ4n) is 2.40. The van der Waals surface area contributed by atoms with Crippen LogP contribution in [0.4, 0.5) is 5.69 Å². The molecular formula is C14H23ClN4O. The maximum atomic E-state index is 12.1. The number of rotatable bonds is 4. The molecule has 2 heterocycles. The second-order valence-electron chi connectivity index (χ2n) is 5.79. The highest BCUT2D eigenvalue weighted by atomic mass is 35.5. The second kappa shape index (κ2) is 7.09. The third-order valence-electron chi connectivity index (χ3n) is 3.43. The minimum absolute atomic E-state index is 0.216. The fourth-order valence-corrected chi connectivity index (χ4v) is 2.60. The molecule has 1 aliphatic heterocycles. The zero-order valence-corrected chi connectivity index (χ0v) is 12.9. The minimum atomic E-state index is -0.216. The van der Waals surface area contributed by atoms with Gasteiger partial charge in [0.1, 0.15) is 5.02 Å². The molecule has 2 N–H and O–H groups in total. The van der Waals surface area contributed by atoms with Crippen molar-refractivity contribution in [1.29, 1.82) is 0 Å². The predicted octanol–water partition coefficient (Wildman–Crippen LogP) is 2.11. The Balaban J connectivity index is 2.12. The molecule has 6 heteroatoms. The van der Waals surface area contributed by atoms with Gasteiger partial charge in [-0.05, 0) is 25.3 Å². The summed E-state index contributed by atoms with van der Waals surface area (Å²) in [6.45, 7) is 6.63. The first-order valence-electron chi connectivity index (χ1n) is 7.31. The number of halogens is 1. The van der Waals surface area contributed by atoms with Gasteiger partial charge in [-0.3, -0.25) is 4.79 Å². The molecule has 1 aromatic rings. The van der Waals surface area contributed by atoms with E-state index in [9.17, 15) is 4.79 Å². The molecule has 0 saturated carbocycles. The van der Waals surface area contributed by atoms with Crippen molar-refractivity contribution in [2.24, 2.45) is 5.92 Å². The highest BCUT2D eigenvalue weighted by molar-refractivity contribution is 6.32. The van der Waals surface area contributed by atoms with Crippen molar-refractivity contribution >= 4 is 17.3 Å². The van der Waals surface area contributed by atoms with E-state index in [-0.39, 0.29) is 10.6 Å². The monoisotopic (exact) mass is 298 g/mol. The van der Waals surface area contributed by atoms with Gasteiger partial charge in [-0.15, -0.1) is 0 Å². The summed E-state index contributed by atoms with van der Waals surface area (Å²) in [4.78, 5) is 12.1. The van der Waals surface area contributed by atoms with Crippen molar-refractivity contribution in [2.45, 2.75) is 45.7 Å². The lowest BCUT2D eigenvalue weighted by Crippen LogP contribution is -2.32. The summed E-state index contributed by atoms with van der Waals surface area (Å²) in [5.41, 5.74) is 0.428. The number of nitrogens with one attached hydrogen (secondary N) is 2. The Morgan fingerprint density at radius 2 is 2.35 bits per heavy atom. The van der Waals surface area contributed by atoms with Crippen LogP contribution in [0.15, 0.2) is 11.0 Å². The second-order valence-corrected chi connectivity index (χ2v) is 6.17. The van der Waals surface area contributed by atoms with Gasteiger partial charge in [0.2, 0.25) is 0 Å². The van der Waals surface area contributed by atoms with E-state index in [0.717, 1.165) is 19.5 Å². The molecule has 1 aliphatic rings. The molecule has 0 radical (unpaired) electrons. The van der Waals surface area contributed by atoms with E-state index >= 15 is 0 Å². The smallest absolute Gasteiger partial charge is 0.287 e. The van der Waals surface area contributed by atoms with Crippen molar-refractivity contribution < 1.29 is 0 Å². The van der Waals surface area contributed by atoms with Crippen LogP contribution in [0.1, 0.15) is 33.1 Å². The van der Waals surface area contributed by atoms with Crippen LogP contribution in [0.5, 0.6) is 0 Å². The lowest BCUT2D eigenvalue weighted by molar-refractivity contribution is 0.464. The Morgan fingerprint density at radius 1 is 1.55 bits per heavy atom. The van der Waals surface area contributed by atoms with Crippen LogP contribution in [-0.4, -0.2) is 28.9 Å². The summed E-state index contributed by atoms with van der Waals surface area (Å²) >= 11 is 6.19. The molecule has 1 atom stereocenters. The molecule has 1 saturated heterocycles. The van der Waals surface area contributed by atoms with Crippen LogP contribution in [0.3, 0.4) is 0 Å². The predicted molar refractivity (Wildman–Crippen MR) is 82.5 cm³/mol. The third-order valence-corrected chi connectivity index (χ3v) is 3.79. The summed E-state index contributed by atoms with van der Waals surface area (Å²) in [5, 5.41) is 11.2. The standard InChI is InChI=1S/C14H23ClN4O/c1-10(2)9-19-14(20)13(15)12(8-17-19)18-11-5-3-4-6-16-7-11/h8,10-11,16,18H,3-7,9H2,1-2H3. The first-order valence-corrected chi connectivity index (χ1v) is 7.68. The Kier molecular flexibility index (Phi) is 5.43. The van der Waals surface area contributed by atoms with E-state index in [4.69, 9.17) is 11.6 Å². The summed E-state index contributed by atoms with van der Waals surface area (Å²) in [7, 11) is 0. The molecule has 1 aromatic heterocycles. The van der Waals surface area contributed by atoms with Crippen LogP contribution in [0, 0.1) is 5.92 Å². The van der Waals surface area contributed by atoms with Crippen LogP contribution in [-0.2, 0) is 6.54 Å². The van der Waals surface area contributed by atoms with E-state index in [0.29, 0.717) is 24.2 Å². The molecule has 0 bridgehead atoms. The maximum Gasteiger partial charge on any atom is 0.287 e. The van der Waals surface area contributed by atoms with Crippen molar-refractivity contribution in [1.82, 2.24) is 15.1 Å². The zero-order chi connectivity index (χ0) is 14.5. The van der Waals surface area contributed by atoms with Crippen LogP contribution < -0.4 is 16.2 Å². The normalized spacial score (nSPS) is 19.9. The Hall–Kier alpha value is -1.07. The van der Waals surface area contributed by atoms with Gasteiger partial charge in [0.25, 0.3) is 5.56 Å². The van der Waals surface area contributed by atoms with E-state index in [1.165, 1.54) is 17.5 Å². The lowest BCUT2D eigenvalue weighted by atomic mass is 10.1. The molecule has 0 amide bonds. The van der Waals surface area contributed by atoms with Gasteiger partial charge < -0.3 is 10.6 Å². The van der Waals surface area contributed by atoms with Crippen molar-refractivity contribution in [3.8, 4) is 0 Å². The largest absolute Gasteiger partial charge is 0.378 e. The summed E-state index contributed by atoms with van der Waals surface area (Å²) < 4.78 is 1.43. The number of anilines is 1. The third kappa shape index (κ3) is 3.96. The van der Waals surface area contributed by atoms with E-state index < -0.39 is 0 Å². The van der Waals surface area contributed by atoms with Gasteiger partial charge in [-0.1, -0.05) is 31.9 Å². The Labute approximate surface area is 124 Å². The minimum Gasteiger partial charge on any atom is -0.378 e.